The molecule has 0 saturated carbocycles. The summed E-state index contributed by atoms with van der Waals surface area (Å²) in [7, 11) is 2.82. The molecule has 0 spiro atoms. The van der Waals surface area contributed by atoms with Crippen LogP contribution < -0.4 is 4.74 Å². The lowest BCUT2D eigenvalue weighted by molar-refractivity contribution is -0.147. The van der Waals surface area contributed by atoms with E-state index in [0.717, 1.165) is 11.1 Å². The van der Waals surface area contributed by atoms with Crippen molar-refractivity contribution in [2.75, 3.05) is 27.2 Å². The van der Waals surface area contributed by atoms with Gasteiger partial charge in [-0.1, -0.05) is 30.3 Å². The van der Waals surface area contributed by atoms with Crippen LogP contribution in [-0.4, -0.2) is 64.5 Å². The Morgan fingerprint density at radius 3 is 2.24 bits per heavy atom. The van der Waals surface area contributed by atoms with Gasteiger partial charge in [-0.15, -0.1) is 0 Å². The van der Waals surface area contributed by atoms with Gasteiger partial charge in [-0.05, 0) is 37.1 Å². The summed E-state index contributed by atoms with van der Waals surface area (Å²) in [6.45, 7) is 0.300. The summed E-state index contributed by atoms with van der Waals surface area (Å²) < 4.78 is 11.4. The highest BCUT2D eigenvalue weighted by molar-refractivity contribution is 5.83. The van der Waals surface area contributed by atoms with Crippen LogP contribution in [-0.2, 0) is 10.2 Å². The van der Waals surface area contributed by atoms with E-state index in [4.69, 9.17) is 9.15 Å². The predicted molar refractivity (Wildman–Crippen MR) is 119 cm³/mol. The summed E-state index contributed by atoms with van der Waals surface area (Å²) in [4.78, 5) is 30.7. The minimum Gasteiger partial charge on any atom is -0.497 e. The summed E-state index contributed by atoms with van der Waals surface area (Å²) in [5, 5.41) is 20.1. The smallest absolute Gasteiger partial charge is 0.343 e. The highest BCUT2D eigenvalue weighted by Crippen LogP contribution is 2.41. The molecule has 1 saturated heterocycles. The van der Waals surface area contributed by atoms with Crippen LogP contribution in [0.25, 0.3) is 22.6 Å². The molecule has 33 heavy (non-hydrogen) atoms. The normalized spacial score (nSPS) is 15.2. The first-order valence-electron chi connectivity index (χ1n) is 10.5. The van der Waals surface area contributed by atoms with Crippen molar-refractivity contribution >= 4 is 12.0 Å². The molecule has 9 nitrogen and oxygen atoms in total. The van der Waals surface area contributed by atoms with E-state index < -0.39 is 17.4 Å². The second-order valence-corrected chi connectivity index (χ2v) is 7.97. The minimum atomic E-state index is -1.39. The fourth-order valence-electron chi connectivity index (χ4n) is 4.06. The monoisotopic (exact) mass is 451 g/mol. The second-order valence-electron chi connectivity index (χ2n) is 7.97. The standard InChI is InChI=1S/C24H25N3O6/c1-26(31)23(30)27-14-12-24(13-15-27,22(28)29)21-25-19(16-6-4-3-5-7-16)20(33-21)17-8-10-18(32-2)11-9-17/h3-11,31H,12-15H2,1-2H3,(H,28,29). The molecule has 2 N–H and O–H groups in total. The van der Waals surface area contributed by atoms with Crippen LogP contribution in [0.2, 0.25) is 0 Å². The van der Waals surface area contributed by atoms with E-state index in [-0.39, 0.29) is 31.8 Å². The molecule has 0 atom stereocenters. The van der Waals surface area contributed by atoms with E-state index in [2.05, 4.69) is 4.98 Å². The third kappa shape index (κ3) is 4.14. The number of carboxylic acids is 1. The number of nitrogens with zero attached hydrogens (tertiary/aromatic N) is 3. The van der Waals surface area contributed by atoms with Crippen LogP contribution in [0.4, 0.5) is 4.79 Å². The Kier molecular flexibility index (Phi) is 6.06. The van der Waals surface area contributed by atoms with Crippen molar-refractivity contribution < 1.29 is 29.1 Å². The predicted octanol–water partition coefficient (Wildman–Crippen LogP) is 3.88. The zero-order valence-electron chi connectivity index (χ0n) is 18.4. The first-order valence-corrected chi connectivity index (χ1v) is 10.5. The maximum Gasteiger partial charge on any atom is 0.343 e. The molecular formula is C24H25N3O6. The Labute approximate surface area is 190 Å². The average Bonchev–Trinajstić information content (AvgIpc) is 3.30. The maximum atomic E-state index is 12.5. The number of piperidine rings is 1. The molecule has 0 radical (unpaired) electrons. The number of carbonyl (C=O) groups excluding carboxylic acids is 1. The van der Waals surface area contributed by atoms with Crippen molar-refractivity contribution in [2.24, 2.45) is 0 Å². The van der Waals surface area contributed by atoms with Gasteiger partial charge in [0, 0.05) is 31.3 Å². The summed E-state index contributed by atoms with van der Waals surface area (Å²) in [6.07, 6.45) is 0.220. The average molecular weight is 451 g/mol. The number of benzene rings is 2. The summed E-state index contributed by atoms with van der Waals surface area (Å²) in [6, 6.07) is 16.1. The number of hydrogen-bond donors (Lipinski definition) is 2. The Balaban J connectivity index is 1.77. The molecule has 1 aromatic heterocycles. The number of amides is 2. The lowest BCUT2D eigenvalue weighted by Gasteiger charge is -2.37. The largest absolute Gasteiger partial charge is 0.497 e. The van der Waals surface area contributed by atoms with E-state index in [1.54, 1.807) is 19.2 Å². The molecule has 0 aliphatic carbocycles. The SMILES string of the molecule is COc1ccc(-c2oc(C3(C(=O)O)CCN(C(=O)N(C)O)CC3)nc2-c2ccccc2)cc1. The minimum absolute atomic E-state index is 0.101. The molecule has 1 fully saturated rings. The van der Waals surface area contributed by atoms with Gasteiger partial charge in [0.15, 0.2) is 5.76 Å². The lowest BCUT2D eigenvalue weighted by Crippen LogP contribution is -2.51. The highest BCUT2D eigenvalue weighted by Gasteiger charge is 2.49. The van der Waals surface area contributed by atoms with Gasteiger partial charge in [-0.3, -0.25) is 10.0 Å². The number of urea groups is 1. The van der Waals surface area contributed by atoms with Crippen LogP contribution >= 0.6 is 0 Å². The van der Waals surface area contributed by atoms with Crippen LogP contribution in [0.1, 0.15) is 18.7 Å². The van der Waals surface area contributed by atoms with E-state index >= 15 is 0 Å². The zero-order valence-corrected chi connectivity index (χ0v) is 18.4. The second kappa shape index (κ2) is 8.95. The van der Waals surface area contributed by atoms with E-state index in [0.29, 0.717) is 22.3 Å². The zero-order chi connectivity index (χ0) is 23.6. The van der Waals surface area contributed by atoms with Gasteiger partial charge in [0.25, 0.3) is 0 Å². The van der Waals surface area contributed by atoms with Gasteiger partial charge in [-0.2, -0.15) is 0 Å². The number of likely N-dealkylation sites (tertiary alicyclic amines) is 1. The quantitative estimate of drug-likeness (QED) is 0.447. The number of carboxylic acid groups (broad SMARTS) is 1. The van der Waals surface area contributed by atoms with Gasteiger partial charge >= 0.3 is 12.0 Å². The van der Waals surface area contributed by atoms with Crippen molar-refractivity contribution in [3.8, 4) is 28.3 Å². The number of rotatable bonds is 5. The first kappa shape index (κ1) is 22.3. The number of methoxy groups -OCH3 is 1. The van der Waals surface area contributed by atoms with E-state index in [1.807, 2.05) is 42.5 Å². The molecule has 172 valence electrons. The number of hydroxylamine groups is 2. The number of carbonyl (C=O) groups is 2. The van der Waals surface area contributed by atoms with Gasteiger partial charge < -0.3 is 19.2 Å². The number of aromatic nitrogens is 1. The molecule has 1 aliphatic heterocycles. The number of oxazole rings is 1. The first-order chi connectivity index (χ1) is 15.9. The molecule has 2 heterocycles. The van der Waals surface area contributed by atoms with Crippen molar-refractivity contribution in [3.63, 3.8) is 0 Å². The third-order valence-corrected chi connectivity index (χ3v) is 6.01. The Morgan fingerprint density at radius 1 is 1.06 bits per heavy atom. The molecule has 0 bridgehead atoms. The molecule has 3 aromatic rings. The summed E-state index contributed by atoms with van der Waals surface area (Å²) in [5.74, 6) is 0.193. The topological polar surface area (TPSA) is 116 Å². The molecule has 4 rings (SSSR count). The fraction of sp³-hybridized carbons (Fsp3) is 0.292. The van der Waals surface area contributed by atoms with Crippen LogP contribution in [0.15, 0.2) is 59.0 Å². The van der Waals surface area contributed by atoms with Crippen LogP contribution in [0, 0.1) is 0 Å². The van der Waals surface area contributed by atoms with Crippen LogP contribution in [0.3, 0.4) is 0 Å². The summed E-state index contributed by atoms with van der Waals surface area (Å²) in [5.41, 5.74) is 0.695. The van der Waals surface area contributed by atoms with Crippen LogP contribution in [0.5, 0.6) is 5.75 Å². The molecule has 1 aliphatic rings. The Hall–Kier alpha value is -3.85. The van der Waals surface area contributed by atoms with Crippen molar-refractivity contribution in [3.05, 3.63) is 60.5 Å². The molecule has 0 unspecified atom stereocenters. The molecular weight excluding hydrogens is 426 g/mol. The fourth-order valence-corrected chi connectivity index (χ4v) is 4.06. The van der Waals surface area contributed by atoms with E-state index in [9.17, 15) is 19.9 Å². The maximum absolute atomic E-state index is 12.5. The Bertz CT molecular complexity index is 1130. The Morgan fingerprint density at radius 2 is 1.70 bits per heavy atom. The molecule has 2 aromatic carbocycles. The van der Waals surface area contributed by atoms with Crippen molar-refractivity contribution in [1.82, 2.24) is 14.9 Å². The van der Waals surface area contributed by atoms with Gasteiger partial charge in [0.1, 0.15) is 16.9 Å². The lowest BCUT2D eigenvalue weighted by atomic mass is 9.78. The molecule has 9 heteroatoms. The van der Waals surface area contributed by atoms with Gasteiger partial charge in [-0.25, -0.2) is 14.8 Å². The van der Waals surface area contributed by atoms with Crippen molar-refractivity contribution in [2.45, 2.75) is 18.3 Å². The third-order valence-electron chi connectivity index (χ3n) is 6.01. The van der Waals surface area contributed by atoms with Crippen molar-refractivity contribution in [1.29, 1.82) is 0 Å². The van der Waals surface area contributed by atoms with Gasteiger partial charge in [0.2, 0.25) is 5.89 Å². The number of hydrogen-bond acceptors (Lipinski definition) is 6. The molecule has 2 amide bonds. The van der Waals surface area contributed by atoms with Gasteiger partial charge in [0.05, 0.1) is 7.11 Å². The highest BCUT2D eigenvalue weighted by atomic mass is 16.5. The summed E-state index contributed by atoms with van der Waals surface area (Å²) >= 11 is 0. The van der Waals surface area contributed by atoms with E-state index in [1.165, 1.54) is 11.9 Å². The number of ether oxygens (including phenoxy) is 1. The number of aliphatic carboxylic acids is 1.